The third kappa shape index (κ3) is 4.64. The summed E-state index contributed by atoms with van der Waals surface area (Å²) in [6.45, 7) is 0. The number of fused-ring (bicyclic) bond motifs is 3. The maximum atomic E-state index is 9.54. The fourth-order valence-electron chi connectivity index (χ4n) is 6.04. The number of benzene rings is 8. The van der Waals surface area contributed by atoms with E-state index in [0.717, 1.165) is 11.1 Å². The van der Waals surface area contributed by atoms with Gasteiger partial charge in [0, 0.05) is 22.1 Å². The molecule has 47 heavy (non-hydrogen) atoms. The molecule has 0 saturated carbocycles. The highest BCUT2D eigenvalue weighted by molar-refractivity contribution is 6.25. The van der Waals surface area contributed by atoms with Gasteiger partial charge in [0.05, 0.1) is 24.7 Å². The van der Waals surface area contributed by atoms with Crippen LogP contribution in [0.3, 0.4) is 0 Å². The lowest BCUT2D eigenvalue weighted by molar-refractivity contribution is 0.632. The van der Waals surface area contributed by atoms with E-state index in [0.29, 0.717) is 5.56 Å². The summed E-state index contributed by atoms with van der Waals surface area (Å²) >= 11 is 0. The smallest absolute Gasteiger partial charge is 0.143 e. The Labute approximate surface area is 299 Å². The minimum atomic E-state index is -0.796. The van der Waals surface area contributed by atoms with Crippen molar-refractivity contribution >= 4 is 32.5 Å². The van der Waals surface area contributed by atoms with Crippen LogP contribution in [0.1, 0.15) is 24.7 Å². The van der Waals surface area contributed by atoms with Crippen LogP contribution in [-0.2, 0) is 0 Å². The molecular formula is C46H30O. The van der Waals surface area contributed by atoms with E-state index < -0.39 is 131 Å². The third-order valence-electron chi connectivity index (χ3n) is 8.11. The normalized spacial score (nSPS) is 16.8. The molecule has 0 N–H and O–H groups in total. The highest BCUT2D eigenvalue weighted by Crippen LogP contribution is 2.50. The average Bonchev–Trinajstić information content (AvgIpc) is 3.69. The molecule has 0 atom stereocenters. The van der Waals surface area contributed by atoms with Crippen LogP contribution in [0.15, 0.2) is 186 Å². The molecule has 0 saturated heterocycles. The van der Waals surface area contributed by atoms with Crippen molar-refractivity contribution in [2.45, 2.75) is 0 Å². The Hall–Kier alpha value is -6.18. The Morgan fingerprint density at radius 3 is 1.45 bits per heavy atom. The fraction of sp³-hybridized carbons (Fsp3) is 0. The van der Waals surface area contributed by atoms with Crippen molar-refractivity contribution in [2.75, 3.05) is 0 Å². The molecule has 0 amide bonds. The van der Waals surface area contributed by atoms with E-state index in [2.05, 4.69) is 0 Å². The first kappa shape index (κ1) is 14.5. The molecule has 9 aromatic rings. The first-order chi connectivity index (χ1) is 30.8. The molecule has 0 spiro atoms. The van der Waals surface area contributed by atoms with E-state index >= 15 is 0 Å². The lowest BCUT2D eigenvalue weighted by Gasteiger charge is -2.18. The Kier molecular flexibility index (Phi) is 3.49. The second-order valence-electron chi connectivity index (χ2n) is 10.7. The standard InChI is InChI=1S/C46H30O/c1-4-14-31(15-5-1)33-24-26-35(27-25-33)46-45(41-30-36(28-29-42(41)47-46)32-16-6-2-7-17-32)44-39-22-12-10-20-37(39)43(34-18-8-3-9-19-34)38-21-11-13-23-40(38)44/h1-30H/i2D,3D,6D,7D,8D,9D,10D,11D,12D,13D,16D,17D,18D,19D,20D,21D,22D,23D. The van der Waals surface area contributed by atoms with Gasteiger partial charge in [-0.15, -0.1) is 0 Å². The second-order valence-corrected chi connectivity index (χ2v) is 10.7. The van der Waals surface area contributed by atoms with Gasteiger partial charge >= 0.3 is 0 Å². The van der Waals surface area contributed by atoms with Gasteiger partial charge in [-0.1, -0.05) is 169 Å². The minimum Gasteiger partial charge on any atom is -0.455 e. The van der Waals surface area contributed by atoms with Crippen LogP contribution < -0.4 is 0 Å². The highest BCUT2D eigenvalue weighted by atomic mass is 16.3. The van der Waals surface area contributed by atoms with Gasteiger partial charge < -0.3 is 4.42 Å². The van der Waals surface area contributed by atoms with Gasteiger partial charge in [0.25, 0.3) is 0 Å². The van der Waals surface area contributed by atoms with E-state index in [-0.39, 0.29) is 49.8 Å². The summed E-state index contributed by atoms with van der Waals surface area (Å²) in [4.78, 5) is 0. The third-order valence-corrected chi connectivity index (χ3v) is 8.11. The largest absolute Gasteiger partial charge is 0.455 e. The summed E-state index contributed by atoms with van der Waals surface area (Å²) in [6.07, 6.45) is 0. The molecule has 0 radical (unpaired) electrons. The first-order valence-electron chi connectivity index (χ1n) is 23.6. The van der Waals surface area contributed by atoms with Gasteiger partial charge in [-0.3, -0.25) is 0 Å². The van der Waals surface area contributed by atoms with Crippen molar-refractivity contribution in [3.05, 3.63) is 182 Å². The monoisotopic (exact) mass is 616 g/mol. The maximum Gasteiger partial charge on any atom is 0.143 e. The molecule has 1 heterocycles. The van der Waals surface area contributed by atoms with E-state index in [4.69, 9.17) is 23.6 Å². The van der Waals surface area contributed by atoms with Crippen molar-refractivity contribution in [2.24, 2.45) is 0 Å². The Bertz CT molecular complexity index is 3420. The van der Waals surface area contributed by atoms with Crippen molar-refractivity contribution in [3.8, 4) is 55.8 Å². The molecule has 1 heteroatoms. The Balaban J connectivity index is 1.56. The van der Waals surface area contributed by atoms with Crippen molar-refractivity contribution in [1.29, 1.82) is 0 Å². The zero-order chi connectivity index (χ0) is 46.8. The van der Waals surface area contributed by atoms with Crippen LogP contribution >= 0.6 is 0 Å². The summed E-state index contributed by atoms with van der Waals surface area (Å²) in [5, 5.41) is -1.36. The molecule has 0 bridgehead atoms. The zero-order valence-electron chi connectivity index (χ0n) is 42.3. The molecule has 220 valence electrons. The minimum absolute atomic E-state index is 0.0272. The molecule has 9 rings (SSSR count). The number of hydrogen-bond donors (Lipinski definition) is 0. The van der Waals surface area contributed by atoms with Crippen molar-refractivity contribution in [3.63, 3.8) is 0 Å². The topological polar surface area (TPSA) is 13.1 Å². The predicted molar refractivity (Wildman–Crippen MR) is 198 cm³/mol. The molecular weight excluding hydrogens is 569 g/mol. The molecule has 0 aliphatic heterocycles. The van der Waals surface area contributed by atoms with Crippen LogP contribution in [-0.4, -0.2) is 0 Å². The van der Waals surface area contributed by atoms with Crippen molar-refractivity contribution in [1.82, 2.24) is 0 Å². The highest BCUT2D eigenvalue weighted by Gasteiger charge is 2.24. The van der Waals surface area contributed by atoms with Gasteiger partial charge in [-0.05, 0) is 67.1 Å². The SMILES string of the molecule is [2H]c1c([2H])c([2H])c(-c2ccc3oc(-c4ccc(-c5ccccc5)cc4)c(-c4c5c([2H])c([2H])c([2H])c([2H])c5c(-c5c([2H])c([2H])c([2H])c([2H])c5[2H])c5c([2H])c([2H])c([2H])c([2H])c45)c3c2)c([2H])c1[2H]. The molecule has 0 aliphatic rings. The number of furan rings is 1. The number of rotatable bonds is 5. The Morgan fingerprint density at radius 2 is 0.830 bits per heavy atom. The van der Waals surface area contributed by atoms with Gasteiger partial charge in [-0.2, -0.15) is 0 Å². The quantitative estimate of drug-likeness (QED) is 0.175. The summed E-state index contributed by atoms with van der Waals surface area (Å²) in [5.41, 5.74) is 1.01. The van der Waals surface area contributed by atoms with E-state index in [1.807, 2.05) is 42.5 Å². The summed E-state index contributed by atoms with van der Waals surface area (Å²) in [5.74, 6) is 0.0517. The molecule has 1 aromatic heterocycles. The van der Waals surface area contributed by atoms with E-state index in [1.165, 1.54) is 18.2 Å². The van der Waals surface area contributed by atoms with E-state index in [9.17, 15) is 5.48 Å². The molecule has 1 nitrogen and oxygen atoms in total. The van der Waals surface area contributed by atoms with E-state index in [1.54, 1.807) is 12.1 Å². The number of hydrogen-bond acceptors (Lipinski definition) is 1. The zero-order valence-corrected chi connectivity index (χ0v) is 24.3. The molecule has 0 unspecified atom stereocenters. The van der Waals surface area contributed by atoms with Gasteiger partial charge in [0.1, 0.15) is 11.3 Å². The average molecular weight is 617 g/mol. The second kappa shape index (κ2) is 11.3. The van der Waals surface area contributed by atoms with Gasteiger partial charge in [0.2, 0.25) is 0 Å². The summed E-state index contributed by atoms with van der Waals surface area (Å²) < 4.78 is 166. The molecule has 0 fully saturated rings. The predicted octanol–water partition coefficient (Wildman–Crippen LogP) is 13.1. The lowest BCUT2D eigenvalue weighted by Crippen LogP contribution is -1.91. The lowest BCUT2D eigenvalue weighted by atomic mass is 9.84. The van der Waals surface area contributed by atoms with Crippen LogP contribution in [0.4, 0.5) is 0 Å². The van der Waals surface area contributed by atoms with Crippen LogP contribution in [0.2, 0.25) is 0 Å². The van der Waals surface area contributed by atoms with Crippen LogP contribution in [0.5, 0.6) is 0 Å². The Morgan fingerprint density at radius 1 is 0.340 bits per heavy atom. The fourth-order valence-corrected chi connectivity index (χ4v) is 6.04. The first-order valence-corrected chi connectivity index (χ1v) is 14.6. The van der Waals surface area contributed by atoms with Crippen molar-refractivity contribution < 1.29 is 29.1 Å². The molecule has 0 aliphatic carbocycles. The maximum absolute atomic E-state index is 9.54. The van der Waals surface area contributed by atoms with Crippen LogP contribution in [0.25, 0.3) is 88.3 Å². The summed E-state index contributed by atoms with van der Waals surface area (Å²) in [6, 6.07) is 8.31. The van der Waals surface area contributed by atoms with Crippen LogP contribution in [0, 0.1) is 0 Å². The molecule has 8 aromatic carbocycles. The summed E-state index contributed by atoms with van der Waals surface area (Å²) in [7, 11) is 0. The van der Waals surface area contributed by atoms with Gasteiger partial charge in [0.15, 0.2) is 0 Å². The van der Waals surface area contributed by atoms with Gasteiger partial charge in [-0.25, -0.2) is 0 Å².